The highest BCUT2D eigenvalue weighted by Gasteiger charge is 2.20. The van der Waals surface area contributed by atoms with Gasteiger partial charge in [0.15, 0.2) is 0 Å². The molecule has 0 aliphatic heterocycles. The Labute approximate surface area is 87.0 Å². The zero-order valence-electron chi connectivity index (χ0n) is 8.57. The molecule has 0 spiro atoms. The third kappa shape index (κ3) is 3.53. The minimum absolute atomic E-state index is 0.120. The van der Waals surface area contributed by atoms with Crippen molar-refractivity contribution in [3.05, 3.63) is 24.0 Å². The Hall–Kier alpha value is -1.65. The number of carbonyl (C=O) groups excluding carboxylic acids is 1. The first-order chi connectivity index (χ1) is 7.13. The number of pyridine rings is 1. The molecule has 15 heavy (non-hydrogen) atoms. The van der Waals surface area contributed by atoms with E-state index < -0.39 is 12.3 Å². The molecule has 0 N–H and O–H groups in total. The van der Waals surface area contributed by atoms with Gasteiger partial charge in [-0.05, 0) is 26.0 Å². The van der Waals surface area contributed by atoms with Crippen LogP contribution < -0.4 is 4.74 Å². The lowest BCUT2D eigenvalue weighted by atomic mass is 10.4. The molecule has 1 atom stereocenters. The molecule has 1 rings (SSSR count). The lowest BCUT2D eigenvalue weighted by molar-refractivity contribution is -0.159. The summed E-state index contributed by atoms with van der Waals surface area (Å²) < 4.78 is 22.2. The second-order valence-corrected chi connectivity index (χ2v) is 2.82. The number of aromatic nitrogens is 1. The molecular weight excluding hydrogens is 201 g/mol. The fourth-order valence-electron chi connectivity index (χ4n) is 0.899. The molecule has 0 aromatic carbocycles. The summed E-state index contributed by atoms with van der Waals surface area (Å²) >= 11 is 0. The van der Waals surface area contributed by atoms with Crippen molar-refractivity contribution in [1.82, 2.24) is 4.98 Å². The highest BCUT2D eigenvalue weighted by atomic mass is 19.1. The molecule has 0 amide bonds. The monoisotopic (exact) mass is 213 g/mol. The van der Waals surface area contributed by atoms with Crippen molar-refractivity contribution in [2.75, 3.05) is 6.61 Å². The normalized spacial score (nSPS) is 11.9. The summed E-state index contributed by atoms with van der Waals surface area (Å²) in [6, 6.07) is 3.20. The van der Waals surface area contributed by atoms with Gasteiger partial charge in [0.2, 0.25) is 0 Å². The molecule has 0 saturated heterocycles. The summed E-state index contributed by atoms with van der Waals surface area (Å²) in [5, 5.41) is 0. The van der Waals surface area contributed by atoms with Crippen molar-refractivity contribution >= 4 is 5.97 Å². The molecule has 0 aliphatic carbocycles. The highest BCUT2D eigenvalue weighted by molar-refractivity contribution is 5.73. The van der Waals surface area contributed by atoms with E-state index in [1.54, 1.807) is 19.9 Å². The van der Waals surface area contributed by atoms with Crippen molar-refractivity contribution in [2.24, 2.45) is 0 Å². The Morgan fingerprint density at radius 1 is 1.60 bits per heavy atom. The smallest absolute Gasteiger partial charge is 0.381 e. The number of hydrogen-bond donors (Lipinski definition) is 0. The lowest BCUT2D eigenvalue weighted by Gasteiger charge is -2.09. The molecule has 0 radical (unpaired) electrons. The van der Waals surface area contributed by atoms with Crippen LogP contribution in [0.15, 0.2) is 18.3 Å². The Balaban J connectivity index is 2.54. The fraction of sp³-hybridized carbons (Fsp3) is 0.400. The third-order valence-corrected chi connectivity index (χ3v) is 1.60. The lowest BCUT2D eigenvalue weighted by Crippen LogP contribution is -2.24. The summed E-state index contributed by atoms with van der Waals surface area (Å²) in [6.45, 7) is 3.51. The molecule has 1 heterocycles. The van der Waals surface area contributed by atoms with Gasteiger partial charge in [-0.3, -0.25) is 4.98 Å². The molecule has 82 valence electrons. The fourth-order valence-corrected chi connectivity index (χ4v) is 0.899. The van der Waals surface area contributed by atoms with E-state index in [4.69, 9.17) is 0 Å². The van der Waals surface area contributed by atoms with Crippen molar-refractivity contribution in [3.63, 3.8) is 0 Å². The third-order valence-electron chi connectivity index (χ3n) is 1.60. The SMILES string of the molecule is CCOC(=O)C(F)Oc1ccc(C)nc1. The van der Waals surface area contributed by atoms with Gasteiger partial charge < -0.3 is 9.47 Å². The largest absolute Gasteiger partial charge is 0.461 e. The number of alkyl halides is 1. The van der Waals surface area contributed by atoms with Gasteiger partial charge in [0.05, 0.1) is 12.8 Å². The average molecular weight is 213 g/mol. The predicted octanol–water partition coefficient (Wildman–Crippen LogP) is 1.63. The van der Waals surface area contributed by atoms with Gasteiger partial charge in [0.25, 0.3) is 0 Å². The first-order valence-corrected chi connectivity index (χ1v) is 4.53. The van der Waals surface area contributed by atoms with Crippen LogP contribution in [0.3, 0.4) is 0 Å². The summed E-state index contributed by atoms with van der Waals surface area (Å²) in [7, 11) is 0. The maximum absolute atomic E-state index is 13.0. The molecule has 0 saturated carbocycles. The Morgan fingerprint density at radius 2 is 2.33 bits per heavy atom. The second kappa shape index (κ2) is 5.29. The van der Waals surface area contributed by atoms with Crippen molar-refractivity contribution in [1.29, 1.82) is 0 Å². The van der Waals surface area contributed by atoms with Crippen LogP contribution in [0.4, 0.5) is 4.39 Å². The molecule has 1 aromatic rings. The van der Waals surface area contributed by atoms with E-state index in [0.29, 0.717) is 0 Å². The van der Waals surface area contributed by atoms with Crippen molar-refractivity contribution in [2.45, 2.75) is 20.2 Å². The van der Waals surface area contributed by atoms with Crippen LogP contribution in [0.5, 0.6) is 5.75 Å². The minimum atomic E-state index is -2.10. The van der Waals surface area contributed by atoms with E-state index >= 15 is 0 Å². The van der Waals surface area contributed by atoms with Crippen LogP contribution >= 0.6 is 0 Å². The van der Waals surface area contributed by atoms with Gasteiger partial charge in [-0.15, -0.1) is 0 Å². The van der Waals surface area contributed by atoms with Gasteiger partial charge in [-0.25, -0.2) is 4.79 Å². The number of halogens is 1. The first-order valence-electron chi connectivity index (χ1n) is 4.53. The topological polar surface area (TPSA) is 48.4 Å². The second-order valence-electron chi connectivity index (χ2n) is 2.82. The van der Waals surface area contributed by atoms with Gasteiger partial charge in [0, 0.05) is 5.69 Å². The molecule has 0 bridgehead atoms. The van der Waals surface area contributed by atoms with E-state index in [1.807, 2.05) is 0 Å². The van der Waals surface area contributed by atoms with E-state index in [9.17, 15) is 9.18 Å². The molecule has 5 heteroatoms. The number of esters is 1. The number of ether oxygens (including phenoxy) is 2. The Morgan fingerprint density at radius 3 is 2.87 bits per heavy atom. The highest BCUT2D eigenvalue weighted by Crippen LogP contribution is 2.12. The van der Waals surface area contributed by atoms with Crippen LogP contribution in [-0.2, 0) is 9.53 Å². The summed E-state index contributed by atoms with van der Waals surface area (Å²) in [5.74, 6) is -0.834. The molecular formula is C10H12FNO3. The summed E-state index contributed by atoms with van der Waals surface area (Å²) in [6.07, 6.45) is -0.754. The van der Waals surface area contributed by atoms with Crippen molar-refractivity contribution < 1.29 is 18.7 Å². The molecule has 0 fully saturated rings. The predicted molar refractivity (Wildman–Crippen MR) is 51.1 cm³/mol. The quantitative estimate of drug-likeness (QED) is 0.713. The van der Waals surface area contributed by atoms with Crippen molar-refractivity contribution in [3.8, 4) is 5.75 Å². The number of nitrogens with zero attached hydrogens (tertiary/aromatic N) is 1. The number of hydrogen-bond acceptors (Lipinski definition) is 4. The van der Waals surface area contributed by atoms with Crippen LogP contribution in [0.25, 0.3) is 0 Å². The van der Waals surface area contributed by atoms with Crippen LogP contribution in [0.2, 0.25) is 0 Å². The van der Waals surface area contributed by atoms with E-state index in [1.165, 1.54) is 12.3 Å². The maximum atomic E-state index is 13.0. The first kappa shape index (κ1) is 11.4. The number of carbonyl (C=O) groups is 1. The molecule has 1 aromatic heterocycles. The van der Waals surface area contributed by atoms with Crippen LogP contribution in [0.1, 0.15) is 12.6 Å². The minimum Gasteiger partial charge on any atom is -0.461 e. The zero-order chi connectivity index (χ0) is 11.3. The maximum Gasteiger partial charge on any atom is 0.381 e. The van der Waals surface area contributed by atoms with Gasteiger partial charge >= 0.3 is 12.3 Å². The van der Waals surface area contributed by atoms with E-state index in [0.717, 1.165) is 5.69 Å². The van der Waals surface area contributed by atoms with Gasteiger partial charge in [-0.2, -0.15) is 4.39 Å². The average Bonchev–Trinajstić information content (AvgIpc) is 2.22. The van der Waals surface area contributed by atoms with E-state index in [-0.39, 0.29) is 12.4 Å². The standard InChI is InChI=1S/C10H12FNO3/c1-3-14-10(13)9(11)15-8-5-4-7(2)12-6-8/h4-6,9H,3H2,1-2H3. The van der Waals surface area contributed by atoms with Gasteiger partial charge in [0.1, 0.15) is 5.75 Å². The summed E-state index contributed by atoms with van der Waals surface area (Å²) in [5.41, 5.74) is 0.786. The zero-order valence-corrected chi connectivity index (χ0v) is 8.57. The van der Waals surface area contributed by atoms with Crippen LogP contribution in [-0.4, -0.2) is 23.9 Å². The Bertz CT molecular complexity index is 326. The molecule has 4 nitrogen and oxygen atoms in total. The number of aryl methyl sites for hydroxylation is 1. The van der Waals surface area contributed by atoms with Gasteiger partial charge in [-0.1, -0.05) is 0 Å². The Kier molecular flexibility index (Phi) is 4.03. The van der Waals surface area contributed by atoms with E-state index in [2.05, 4.69) is 14.5 Å². The molecule has 1 unspecified atom stereocenters. The number of rotatable bonds is 4. The van der Waals surface area contributed by atoms with Crippen LogP contribution in [0, 0.1) is 6.92 Å². The molecule has 0 aliphatic rings. The summed E-state index contributed by atoms with van der Waals surface area (Å²) in [4.78, 5) is 14.8.